The number of urea groups is 1. The van der Waals surface area contributed by atoms with Crippen LogP contribution in [0, 0.1) is 5.41 Å². The molecule has 1 atom stereocenters. The number of carbonyl (C=O) groups is 2. The second-order valence-electron chi connectivity index (χ2n) is 6.05. The highest BCUT2D eigenvalue weighted by Gasteiger charge is 2.46. The Labute approximate surface area is 124 Å². The number of nitrogens with one attached hydrogen (secondary N) is 1. The van der Waals surface area contributed by atoms with Crippen molar-refractivity contribution in [3.8, 4) is 0 Å². The molecule has 5 nitrogen and oxygen atoms in total. The Kier molecular flexibility index (Phi) is 4.52. The number of carboxylic acid groups (broad SMARTS) is 1. The van der Waals surface area contributed by atoms with Crippen LogP contribution in [0.2, 0.25) is 0 Å². The molecule has 1 unspecified atom stereocenters. The molecule has 2 fully saturated rings. The van der Waals surface area contributed by atoms with Gasteiger partial charge >= 0.3 is 12.0 Å². The van der Waals surface area contributed by atoms with Gasteiger partial charge < -0.3 is 15.3 Å². The lowest BCUT2D eigenvalue weighted by atomic mass is 9.83. The maximum atomic E-state index is 12.2. The first kappa shape index (κ1) is 15.5. The minimum absolute atomic E-state index is 0.107. The Hall–Kier alpha value is -0.910. The van der Waals surface area contributed by atoms with Crippen molar-refractivity contribution in [2.24, 2.45) is 5.41 Å². The molecule has 0 spiro atoms. The molecule has 0 aromatic rings. The van der Waals surface area contributed by atoms with Crippen molar-refractivity contribution in [3.05, 3.63) is 0 Å². The molecular formula is C14H24N2O3S. The van der Waals surface area contributed by atoms with Crippen molar-refractivity contribution < 1.29 is 14.7 Å². The highest BCUT2D eigenvalue weighted by atomic mass is 32.2. The van der Waals surface area contributed by atoms with Gasteiger partial charge in [-0.25, -0.2) is 4.79 Å². The van der Waals surface area contributed by atoms with Gasteiger partial charge in [-0.05, 0) is 31.9 Å². The van der Waals surface area contributed by atoms with E-state index in [2.05, 4.69) is 11.6 Å². The standard InChI is InChI=1S/C14H24N2O3S/c1-3-4-13(11(17)18)7-8-16(10-13)12(19)15-9-14(20-2)5-6-14/h3-10H2,1-2H3,(H,15,19)(H,17,18). The molecule has 2 amide bonds. The Balaban J connectivity index is 1.88. The second-order valence-corrected chi connectivity index (χ2v) is 7.33. The topological polar surface area (TPSA) is 69.6 Å². The molecule has 2 rings (SSSR count). The number of carboxylic acids is 1. The van der Waals surface area contributed by atoms with E-state index >= 15 is 0 Å². The van der Waals surface area contributed by atoms with Crippen LogP contribution in [0.3, 0.4) is 0 Å². The summed E-state index contributed by atoms with van der Waals surface area (Å²) in [5.74, 6) is -0.766. The van der Waals surface area contributed by atoms with Crippen LogP contribution < -0.4 is 5.32 Å². The Bertz CT molecular complexity index is 398. The SMILES string of the molecule is CCCC1(C(=O)O)CCN(C(=O)NCC2(SC)CC2)C1. The summed E-state index contributed by atoms with van der Waals surface area (Å²) in [4.78, 5) is 25.3. The Morgan fingerprint density at radius 1 is 1.35 bits per heavy atom. The summed E-state index contributed by atoms with van der Waals surface area (Å²) in [6.45, 7) is 3.57. The van der Waals surface area contributed by atoms with Crippen LogP contribution in [0.25, 0.3) is 0 Å². The number of likely N-dealkylation sites (tertiary alicyclic amines) is 1. The molecule has 0 aromatic carbocycles. The van der Waals surface area contributed by atoms with E-state index in [-0.39, 0.29) is 10.8 Å². The van der Waals surface area contributed by atoms with Crippen LogP contribution in [-0.4, -0.2) is 52.6 Å². The third kappa shape index (κ3) is 3.05. The van der Waals surface area contributed by atoms with Crippen molar-refractivity contribution in [1.29, 1.82) is 0 Å². The average Bonchev–Trinajstić information content (AvgIpc) is 3.09. The van der Waals surface area contributed by atoms with Gasteiger partial charge in [-0.2, -0.15) is 11.8 Å². The van der Waals surface area contributed by atoms with Gasteiger partial charge in [0.25, 0.3) is 0 Å². The van der Waals surface area contributed by atoms with Gasteiger partial charge in [0.15, 0.2) is 0 Å². The number of rotatable bonds is 6. The van der Waals surface area contributed by atoms with E-state index in [1.165, 1.54) is 0 Å². The highest BCUT2D eigenvalue weighted by molar-refractivity contribution is 8.00. The molecule has 1 saturated heterocycles. The average molecular weight is 300 g/mol. The lowest BCUT2D eigenvalue weighted by Gasteiger charge is -2.24. The number of amides is 2. The number of carbonyl (C=O) groups excluding carboxylic acids is 1. The van der Waals surface area contributed by atoms with Gasteiger partial charge in [0.05, 0.1) is 5.41 Å². The minimum Gasteiger partial charge on any atom is -0.481 e. The van der Waals surface area contributed by atoms with Crippen molar-refractivity contribution in [2.45, 2.75) is 43.8 Å². The van der Waals surface area contributed by atoms with E-state index in [9.17, 15) is 14.7 Å². The zero-order chi connectivity index (χ0) is 14.8. The number of aliphatic carboxylic acids is 1. The lowest BCUT2D eigenvalue weighted by molar-refractivity contribution is -0.148. The Morgan fingerprint density at radius 3 is 2.55 bits per heavy atom. The Morgan fingerprint density at radius 2 is 2.05 bits per heavy atom. The van der Waals surface area contributed by atoms with E-state index in [0.29, 0.717) is 32.5 Å². The number of hydrogen-bond acceptors (Lipinski definition) is 3. The minimum atomic E-state index is -0.766. The van der Waals surface area contributed by atoms with Crippen LogP contribution in [-0.2, 0) is 4.79 Å². The largest absolute Gasteiger partial charge is 0.481 e. The molecule has 1 aliphatic carbocycles. The zero-order valence-electron chi connectivity index (χ0n) is 12.3. The zero-order valence-corrected chi connectivity index (χ0v) is 13.1. The molecular weight excluding hydrogens is 276 g/mol. The van der Waals surface area contributed by atoms with Gasteiger partial charge in [0, 0.05) is 24.4 Å². The van der Waals surface area contributed by atoms with E-state index in [1.54, 1.807) is 4.90 Å². The first-order valence-corrected chi connectivity index (χ1v) is 8.51. The maximum absolute atomic E-state index is 12.2. The van der Waals surface area contributed by atoms with Crippen molar-refractivity contribution in [3.63, 3.8) is 0 Å². The first-order chi connectivity index (χ1) is 9.47. The normalized spacial score (nSPS) is 27.4. The third-order valence-electron chi connectivity index (χ3n) is 4.63. The predicted octanol–water partition coefficient (Wildman–Crippen LogP) is 2.17. The van der Waals surface area contributed by atoms with Crippen molar-refractivity contribution in [2.75, 3.05) is 25.9 Å². The van der Waals surface area contributed by atoms with Crippen molar-refractivity contribution in [1.82, 2.24) is 10.2 Å². The molecule has 0 radical (unpaired) electrons. The van der Waals surface area contributed by atoms with Crippen LogP contribution in [0.4, 0.5) is 4.79 Å². The van der Waals surface area contributed by atoms with Gasteiger partial charge in [0.2, 0.25) is 0 Å². The summed E-state index contributed by atoms with van der Waals surface area (Å²) >= 11 is 1.81. The maximum Gasteiger partial charge on any atom is 0.317 e. The van der Waals surface area contributed by atoms with E-state index in [0.717, 1.165) is 19.3 Å². The summed E-state index contributed by atoms with van der Waals surface area (Å²) in [5.41, 5.74) is -0.733. The van der Waals surface area contributed by atoms with Crippen LogP contribution in [0.5, 0.6) is 0 Å². The van der Waals surface area contributed by atoms with Crippen LogP contribution in [0.15, 0.2) is 0 Å². The summed E-state index contributed by atoms with van der Waals surface area (Å²) in [7, 11) is 0. The fraction of sp³-hybridized carbons (Fsp3) is 0.857. The van der Waals surface area contributed by atoms with Gasteiger partial charge in [-0.15, -0.1) is 0 Å². The molecule has 6 heteroatoms. The van der Waals surface area contributed by atoms with Gasteiger partial charge in [0.1, 0.15) is 0 Å². The predicted molar refractivity (Wildman–Crippen MR) is 80.0 cm³/mol. The van der Waals surface area contributed by atoms with Crippen molar-refractivity contribution >= 4 is 23.8 Å². The molecule has 1 aliphatic heterocycles. The lowest BCUT2D eigenvalue weighted by Crippen LogP contribution is -2.43. The second kappa shape index (κ2) is 5.84. The quantitative estimate of drug-likeness (QED) is 0.789. The first-order valence-electron chi connectivity index (χ1n) is 7.28. The highest BCUT2D eigenvalue weighted by Crippen LogP contribution is 2.46. The number of hydrogen-bond donors (Lipinski definition) is 2. The summed E-state index contributed by atoms with van der Waals surface area (Å²) < 4.78 is 0.239. The fourth-order valence-electron chi connectivity index (χ4n) is 2.95. The van der Waals surface area contributed by atoms with E-state index < -0.39 is 11.4 Å². The van der Waals surface area contributed by atoms with E-state index in [1.807, 2.05) is 18.7 Å². The smallest absolute Gasteiger partial charge is 0.317 e. The van der Waals surface area contributed by atoms with Crippen LogP contribution in [0.1, 0.15) is 39.0 Å². The van der Waals surface area contributed by atoms with Crippen LogP contribution >= 0.6 is 11.8 Å². The molecule has 2 N–H and O–H groups in total. The monoisotopic (exact) mass is 300 g/mol. The molecule has 1 heterocycles. The molecule has 0 aromatic heterocycles. The summed E-state index contributed by atoms with van der Waals surface area (Å²) in [6, 6.07) is -0.107. The number of nitrogens with zero attached hydrogens (tertiary/aromatic N) is 1. The number of thioether (sulfide) groups is 1. The summed E-state index contributed by atoms with van der Waals surface area (Å²) in [5, 5.41) is 12.4. The molecule has 1 saturated carbocycles. The van der Waals surface area contributed by atoms with Gasteiger partial charge in [-0.1, -0.05) is 13.3 Å². The van der Waals surface area contributed by atoms with E-state index in [4.69, 9.17) is 0 Å². The molecule has 114 valence electrons. The molecule has 0 bridgehead atoms. The summed E-state index contributed by atoms with van der Waals surface area (Å²) in [6.07, 6.45) is 6.42. The molecule has 20 heavy (non-hydrogen) atoms. The molecule has 2 aliphatic rings. The fourth-order valence-corrected chi connectivity index (χ4v) is 3.68. The third-order valence-corrected chi connectivity index (χ3v) is 6.04. The van der Waals surface area contributed by atoms with Gasteiger partial charge in [-0.3, -0.25) is 4.79 Å².